The highest BCUT2D eigenvalue weighted by Crippen LogP contribution is 2.38. The number of benzene rings is 2. The third-order valence-corrected chi connectivity index (χ3v) is 4.30. The molecule has 26 heavy (non-hydrogen) atoms. The van der Waals surface area contributed by atoms with Crippen molar-refractivity contribution in [1.82, 2.24) is 10.3 Å². The summed E-state index contributed by atoms with van der Waals surface area (Å²) in [6, 6.07) is 14.1. The van der Waals surface area contributed by atoms with Crippen LogP contribution >= 0.6 is 0 Å². The molecule has 1 amide bonds. The maximum Gasteiger partial charge on any atom is 0.408 e. The van der Waals surface area contributed by atoms with E-state index in [1.165, 1.54) is 6.07 Å². The van der Waals surface area contributed by atoms with Crippen LogP contribution < -0.4 is 5.32 Å². The molecule has 4 nitrogen and oxygen atoms in total. The Kier molecular flexibility index (Phi) is 4.08. The van der Waals surface area contributed by atoms with Crippen molar-refractivity contribution in [2.24, 2.45) is 0 Å². The smallest absolute Gasteiger partial charge is 0.408 e. The Labute approximate surface area is 148 Å². The van der Waals surface area contributed by atoms with Gasteiger partial charge in [0.1, 0.15) is 17.7 Å². The van der Waals surface area contributed by atoms with Gasteiger partial charge in [-0.2, -0.15) is 0 Å². The molecule has 2 heterocycles. The number of ether oxygens (including phenoxy) is 1. The highest BCUT2D eigenvalue weighted by Gasteiger charge is 2.38. The number of nitrogens with one attached hydrogen (secondary N) is 1. The average molecular weight is 352 g/mol. The van der Waals surface area contributed by atoms with Crippen molar-refractivity contribution in [1.29, 1.82) is 0 Å². The number of pyridine rings is 1. The molecule has 1 N–H and O–H groups in total. The number of hydrogen-bond acceptors (Lipinski definition) is 3. The minimum atomic E-state index is -0.907. The molecule has 1 fully saturated rings. The zero-order chi connectivity index (χ0) is 18.1. The lowest BCUT2D eigenvalue weighted by atomic mass is 9.95. The summed E-state index contributed by atoms with van der Waals surface area (Å²) in [7, 11) is 0. The summed E-state index contributed by atoms with van der Waals surface area (Å²) in [4.78, 5) is 16.0. The number of rotatable bonds is 3. The van der Waals surface area contributed by atoms with Crippen LogP contribution in [0.4, 0.5) is 13.6 Å². The molecule has 1 aliphatic rings. The second-order valence-electron chi connectivity index (χ2n) is 5.99. The number of cyclic esters (lactones) is 1. The van der Waals surface area contributed by atoms with Gasteiger partial charge in [-0.25, -0.2) is 13.6 Å². The van der Waals surface area contributed by atoms with Crippen LogP contribution in [-0.2, 0) is 4.74 Å². The van der Waals surface area contributed by atoms with E-state index in [2.05, 4.69) is 10.3 Å². The Balaban J connectivity index is 1.73. The zero-order valence-corrected chi connectivity index (χ0v) is 13.5. The van der Waals surface area contributed by atoms with E-state index in [0.717, 1.165) is 23.3 Å². The molecule has 0 radical (unpaired) electrons. The van der Waals surface area contributed by atoms with Gasteiger partial charge in [-0.15, -0.1) is 0 Å². The van der Waals surface area contributed by atoms with E-state index in [1.807, 2.05) is 36.4 Å². The molecular formula is C20H14F2N2O2. The molecule has 0 saturated carbocycles. The van der Waals surface area contributed by atoms with Crippen molar-refractivity contribution >= 4 is 6.09 Å². The molecule has 6 heteroatoms. The first-order valence-corrected chi connectivity index (χ1v) is 8.04. The van der Waals surface area contributed by atoms with E-state index >= 15 is 0 Å². The normalized spacial score (nSPS) is 19.1. The Hall–Kier alpha value is -3.28. The van der Waals surface area contributed by atoms with Gasteiger partial charge in [-0.05, 0) is 29.3 Å². The molecule has 1 aliphatic heterocycles. The lowest BCUT2D eigenvalue weighted by molar-refractivity contribution is 0.130. The second-order valence-corrected chi connectivity index (χ2v) is 5.99. The molecule has 0 unspecified atom stereocenters. The standard InChI is InChI=1S/C20H14F2N2O2/c21-15-6-7-16(17(22)9-15)19-18(24-20(25)26-19)14-8-13(10-23-11-14)12-4-2-1-3-5-12/h1-11,18-19H,(H,24,25)/t18-,19-/m1/s1. The fourth-order valence-corrected chi connectivity index (χ4v) is 3.07. The van der Waals surface area contributed by atoms with Gasteiger partial charge in [-0.1, -0.05) is 30.3 Å². The van der Waals surface area contributed by atoms with Gasteiger partial charge in [0.05, 0.1) is 0 Å². The van der Waals surface area contributed by atoms with Gasteiger partial charge in [-0.3, -0.25) is 4.98 Å². The van der Waals surface area contributed by atoms with Crippen LogP contribution in [0.3, 0.4) is 0 Å². The molecule has 0 aliphatic carbocycles. The number of carbonyl (C=O) groups is 1. The Bertz CT molecular complexity index is 963. The van der Waals surface area contributed by atoms with Crippen LogP contribution in [0.2, 0.25) is 0 Å². The van der Waals surface area contributed by atoms with E-state index in [0.29, 0.717) is 5.56 Å². The lowest BCUT2D eigenvalue weighted by Gasteiger charge is -2.18. The first-order chi connectivity index (χ1) is 12.6. The van der Waals surface area contributed by atoms with Gasteiger partial charge in [0.2, 0.25) is 0 Å². The van der Waals surface area contributed by atoms with Crippen LogP contribution in [-0.4, -0.2) is 11.1 Å². The van der Waals surface area contributed by atoms with Crippen molar-refractivity contribution in [3.05, 3.63) is 89.8 Å². The molecule has 130 valence electrons. The van der Waals surface area contributed by atoms with Crippen molar-refractivity contribution < 1.29 is 18.3 Å². The third kappa shape index (κ3) is 3.01. The van der Waals surface area contributed by atoms with Crippen LogP contribution in [0.1, 0.15) is 23.3 Å². The predicted octanol–water partition coefficient (Wildman–Crippen LogP) is 4.55. The highest BCUT2D eigenvalue weighted by molar-refractivity contribution is 5.72. The number of carbonyl (C=O) groups excluding carboxylic acids is 1. The van der Waals surface area contributed by atoms with Crippen molar-refractivity contribution in [3.63, 3.8) is 0 Å². The zero-order valence-electron chi connectivity index (χ0n) is 13.5. The maximum atomic E-state index is 14.2. The average Bonchev–Trinajstić information content (AvgIpc) is 3.04. The van der Waals surface area contributed by atoms with E-state index in [1.54, 1.807) is 12.4 Å². The Morgan fingerprint density at radius 1 is 0.962 bits per heavy atom. The maximum absolute atomic E-state index is 14.2. The van der Waals surface area contributed by atoms with Gasteiger partial charge in [0.25, 0.3) is 0 Å². The number of alkyl carbamates (subject to hydrolysis) is 1. The van der Waals surface area contributed by atoms with Crippen molar-refractivity contribution in [2.45, 2.75) is 12.1 Å². The molecule has 2 atom stereocenters. The van der Waals surface area contributed by atoms with Gasteiger partial charge in [0.15, 0.2) is 6.10 Å². The Morgan fingerprint density at radius 3 is 2.54 bits per heavy atom. The summed E-state index contributed by atoms with van der Waals surface area (Å²) < 4.78 is 32.6. The van der Waals surface area contributed by atoms with Crippen LogP contribution in [0.5, 0.6) is 0 Å². The molecule has 0 bridgehead atoms. The molecular weight excluding hydrogens is 338 g/mol. The van der Waals surface area contributed by atoms with Gasteiger partial charge < -0.3 is 10.1 Å². The molecule has 1 saturated heterocycles. The largest absolute Gasteiger partial charge is 0.439 e. The molecule has 3 aromatic rings. The highest BCUT2D eigenvalue weighted by atomic mass is 19.1. The first kappa shape index (κ1) is 16.2. The van der Waals surface area contributed by atoms with E-state index in [-0.39, 0.29) is 5.56 Å². The molecule has 0 spiro atoms. The summed E-state index contributed by atoms with van der Waals surface area (Å²) >= 11 is 0. The fourth-order valence-electron chi connectivity index (χ4n) is 3.07. The lowest BCUT2D eigenvalue weighted by Crippen LogP contribution is -2.20. The second kappa shape index (κ2) is 6.55. The summed E-state index contributed by atoms with van der Waals surface area (Å²) in [5.41, 5.74) is 2.62. The first-order valence-electron chi connectivity index (χ1n) is 8.04. The minimum Gasteiger partial charge on any atom is -0.439 e. The quantitative estimate of drug-likeness (QED) is 0.752. The van der Waals surface area contributed by atoms with E-state index in [9.17, 15) is 13.6 Å². The van der Waals surface area contributed by atoms with Gasteiger partial charge >= 0.3 is 6.09 Å². The van der Waals surface area contributed by atoms with E-state index < -0.39 is 29.9 Å². The summed E-state index contributed by atoms with van der Waals surface area (Å²) in [5, 5.41) is 2.68. The number of amides is 1. The van der Waals surface area contributed by atoms with Crippen molar-refractivity contribution in [2.75, 3.05) is 0 Å². The third-order valence-electron chi connectivity index (χ3n) is 4.30. The number of hydrogen-bond donors (Lipinski definition) is 1. The van der Waals surface area contributed by atoms with Gasteiger partial charge in [0, 0.05) is 29.6 Å². The molecule has 4 rings (SSSR count). The Morgan fingerprint density at radius 2 is 1.77 bits per heavy atom. The molecule has 2 aromatic carbocycles. The summed E-state index contributed by atoms with van der Waals surface area (Å²) in [6.45, 7) is 0. The number of aromatic nitrogens is 1. The van der Waals surface area contributed by atoms with Crippen molar-refractivity contribution in [3.8, 4) is 11.1 Å². The van der Waals surface area contributed by atoms with Crippen LogP contribution in [0, 0.1) is 11.6 Å². The fraction of sp³-hybridized carbons (Fsp3) is 0.100. The topological polar surface area (TPSA) is 51.2 Å². The monoisotopic (exact) mass is 352 g/mol. The molecule has 1 aromatic heterocycles. The van der Waals surface area contributed by atoms with Crippen LogP contribution in [0.15, 0.2) is 67.0 Å². The van der Waals surface area contributed by atoms with E-state index in [4.69, 9.17) is 4.74 Å². The summed E-state index contributed by atoms with van der Waals surface area (Å²) in [5.74, 6) is -1.45. The SMILES string of the molecule is O=C1N[C@H](c2cncc(-c3ccccc3)c2)[C@@H](c2ccc(F)cc2F)O1. The number of halogens is 2. The summed E-state index contributed by atoms with van der Waals surface area (Å²) in [6.07, 6.45) is 1.74. The number of nitrogens with zero attached hydrogens (tertiary/aromatic N) is 1. The predicted molar refractivity (Wildman–Crippen MR) is 91.1 cm³/mol. The minimum absolute atomic E-state index is 0.111. The van der Waals surface area contributed by atoms with Crippen LogP contribution in [0.25, 0.3) is 11.1 Å².